The lowest BCUT2D eigenvalue weighted by Gasteiger charge is -2.39. The van der Waals surface area contributed by atoms with E-state index in [9.17, 15) is 0 Å². The van der Waals surface area contributed by atoms with Crippen LogP contribution in [0.1, 0.15) is 31.2 Å². The van der Waals surface area contributed by atoms with Gasteiger partial charge in [-0.15, -0.1) is 6.58 Å². The standard InChI is InChI=1S/C18H28O2Si2/c1-16-9-3-4-10-18(16)22(14-8-6-12-20-22)17(2)15-21-13-7-5-11-19-21/h3-4,9-10,21H,2,5-8,11-15H2,1H3. The Kier molecular flexibility index (Phi) is 5.34. The molecule has 1 aromatic carbocycles. The van der Waals surface area contributed by atoms with Crippen molar-refractivity contribution in [1.29, 1.82) is 0 Å². The second kappa shape index (κ2) is 7.26. The molecule has 1 aromatic rings. The second-order valence-electron chi connectivity index (χ2n) is 6.74. The number of hydrogen-bond donors (Lipinski definition) is 0. The molecule has 2 aliphatic heterocycles. The van der Waals surface area contributed by atoms with Crippen molar-refractivity contribution < 1.29 is 8.85 Å². The molecule has 2 aliphatic rings. The molecule has 2 saturated heterocycles. The highest BCUT2D eigenvalue weighted by Gasteiger charge is 2.43. The lowest BCUT2D eigenvalue weighted by Crippen LogP contribution is -2.56. The molecule has 2 unspecified atom stereocenters. The van der Waals surface area contributed by atoms with Crippen molar-refractivity contribution in [3.05, 3.63) is 41.6 Å². The monoisotopic (exact) mass is 332 g/mol. The zero-order chi connectivity index (χ0) is 15.4. The lowest BCUT2D eigenvalue weighted by atomic mass is 10.2. The molecule has 2 atom stereocenters. The van der Waals surface area contributed by atoms with Crippen molar-refractivity contribution in [2.24, 2.45) is 0 Å². The van der Waals surface area contributed by atoms with Crippen LogP contribution < -0.4 is 5.19 Å². The molecule has 0 aliphatic carbocycles. The van der Waals surface area contributed by atoms with Gasteiger partial charge in [0.1, 0.15) is 0 Å². The maximum Gasteiger partial charge on any atom is 0.251 e. The Balaban J connectivity index is 1.85. The van der Waals surface area contributed by atoms with Crippen molar-refractivity contribution in [1.82, 2.24) is 0 Å². The van der Waals surface area contributed by atoms with Gasteiger partial charge in [0.2, 0.25) is 0 Å². The van der Waals surface area contributed by atoms with Crippen LogP contribution in [0, 0.1) is 6.92 Å². The second-order valence-corrected chi connectivity index (χ2v) is 13.0. The summed E-state index contributed by atoms with van der Waals surface area (Å²) in [5.74, 6) is 0. The summed E-state index contributed by atoms with van der Waals surface area (Å²) in [5.41, 5.74) is 1.38. The average Bonchev–Trinajstić information content (AvgIpc) is 2.57. The van der Waals surface area contributed by atoms with Crippen LogP contribution in [0.5, 0.6) is 0 Å². The Labute approximate surface area is 137 Å². The van der Waals surface area contributed by atoms with E-state index < -0.39 is 17.4 Å². The largest absolute Gasteiger partial charge is 0.420 e. The molecule has 0 aromatic heterocycles. The number of rotatable bonds is 4. The van der Waals surface area contributed by atoms with E-state index in [2.05, 4.69) is 37.8 Å². The van der Waals surface area contributed by atoms with E-state index in [1.165, 1.54) is 53.7 Å². The van der Waals surface area contributed by atoms with Gasteiger partial charge in [0.05, 0.1) is 0 Å². The summed E-state index contributed by atoms with van der Waals surface area (Å²) in [6, 6.07) is 12.5. The molecule has 0 spiro atoms. The molecule has 22 heavy (non-hydrogen) atoms. The van der Waals surface area contributed by atoms with Crippen molar-refractivity contribution in [2.45, 2.75) is 50.7 Å². The first-order valence-electron chi connectivity index (χ1n) is 8.72. The normalized spacial score (nSPS) is 29.2. The Morgan fingerprint density at radius 1 is 1.18 bits per heavy atom. The minimum absolute atomic E-state index is 0.909. The Bertz CT molecular complexity index is 518. The molecular formula is C18H28O2Si2. The Morgan fingerprint density at radius 3 is 2.68 bits per heavy atom. The Morgan fingerprint density at radius 2 is 2.00 bits per heavy atom. The van der Waals surface area contributed by atoms with Gasteiger partial charge in [-0.1, -0.05) is 42.3 Å². The van der Waals surface area contributed by atoms with E-state index in [0.29, 0.717) is 0 Å². The summed E-state index contributed by atoms with van der Waals surface area (Å²) in [5, 5.41) is 2.87. The van der Waals surface area contributed by atoms with E-state index in [4.69, 9.17) is 8.85 Å². The smallest absolute Gasteiger partial charge is 0.251 e. The third kappa shape index (κ3) is 3.30. The van der Waals surface area contributed by atoms with Gasteiger partial charge in [-0.05, 0) is 48.6 Å². The summed E-state index contributed by atoms with van der Waals surface area (Å²) in [7, 11) is -3.11. The SMILES string of the molecule is C=C(C[SiH]1CCCCO1)[Si]1(c2ccccc2C)CCCCO1. The van der Waals surface area contributed by atoms with E-state index >= 15 is 0 Å². The first-order chi connectivity index (χ1) is 10.7. The molecule has 4 heteroatoms. The van der Waals surface area contributed by atoms with Crippen molar-refractivity contribution in [3.63, 3.8) is 0 Å². The first kappa shape index (κ1) is 16.2. The number of hydrogen-bond acceptors (Lipinski definition) is 2. The molecule has 3 rings (SSSR count). The summed E-state index contributed by atoms with van der Waals surface area (Å²) < 4.78 is 12.6. The Hall–Kier alpha value is -0.686. The zero-order valence-electron chi connectivity index (χ0n) is 13.8. The maximum atomic E-state index is 6.54. The topological polar surface area (TPSA) is 18.5 Å². The minimum atomic E-state index is -2.03. The fraction of sp³-hybridized carbons (Fsp3) is 0.556. The predicted octanol–water partition coefficient (Wildman–Crippen LogP) is 3.59. The van der Waals surface area contributed by atoms with E-state index in [0.717, 1.165) is 19.3 Å². The molecule has 0 saturated carbocycles. The van der Waals surface area contributed by atoms with E-state index in [1.54, 1.807) is 0 Å². The quantitative estimate of drug-likeness (QED) is 0.785. The molecular weight excluding hydrogens is 304 g/mol. The molecule has 2 fully saturated rings. The molecule has 0 radical (unpaired) electrons. The van der Waals surface area contributed by atoms with Gasteiger partial charge >= 0.3 is 0 Å². The van der Waals surface area contributed by atoms with Crippen LogP contribution in [-0.2, 0) is 8.85 Å². The highest BCUT2D eigenvalue weighted by atomic mass is 28.4. The van der Waals surface area contributed by atoms with Crippen LogP contribution in [0.4, 0.5) is 0 Å². The third-order valence-electron chi connectivity index (χ3n) is 5.17. The molecule has 2 nitrogen and oxygen atoms in total. The average molecular weight is 333 g/mol. The summed E-state index contributed by atoms with van der Waals surface area (Å²) >= 11 is 0. The number of aryl methyl sites for hydroxylation is 1. The van der Waals surface area contributed by atoms with E-state index in [-0.39, 0.29) is 0 Å². The van der Waals surface area contributed by atoms with Crippen molar-refractivity contribution in [2.75, 3.05) is 13.2 Å². The molecule has 120 valence electrons. The maximum absolute atomic E-state index is 6.54. The summed E-state index contributed by atoms with van der Waals surface area (Å²) in [6.45, 7) is 8.67. The van der Waals surface area contributed by atoms with Gasteiger partial charge in [0.25, 0.3) is 8.32 Å². The fourth-order valence-corrected chi connectivity index (χ4v) is 12.0. The van der Waals surface area contributed by atoms with Crippen LogP contribution in [0.25, 0.3) is 0 Å². The highest BCUT2D eigenvalue weighted by Crippen LogP contribution is 2.32. The number of allylic oxidation sites excluding steroid dienone is 1. The summed E-state index contributed by atoms with van der Waals surface area (Å²) in [6.07, 6.45) is 5.08. The molecule has 0 N–H and O–H groups in total. The number of benzene rings is 1. The molecule has 2 heterocycles. The highest BCUT2D eigenvalue weighted by molar-refractivity contribution is 6.93. The van der Waals surface area contributed by atoms with Gasteiger partial charge in [0.15, 0.2) is 9.04 Å². The predicted molar refractivity (Wildman–Crippen MR) is 97.6 cm³/mol. The van der Waals surface area contributed by atoms with Gasteiger partial charge in [-0.2, -0.15) is 0 Å². The van der Waals surface area contributed by atoms with Gasteiger partial charge < -0.3 is 8.85 Å². The molecule has 0 amide bonds. The summed E-state index contributed by atoms with van der Waals surface area (Å²) in [4.78, 5) is 0. The third-order valence-corrected chi connectivity index (χ3v) is 12.8. The van der Waals surface area contributed by atoms with Crippen LogP contribution in [0.3, 0.4) is 0 Å². The van der Waals surface area contributed by atoms with Crippen LogP contribution in [0.15, 0.2) is 36.0 Å². The van der Waals surface area contributed by atoms with Crippen molar-refractivity contribution in [3.8, 4) is 0 Å². The van der Waals surface area contributed by atoms with Crippen LogP contribution >= 0.6 is 0 Å². The minimum Gasteiger partial charge on any atom is -0.420 e. The van der Waals surface area contributed by atoms with Crippen molar-refractivity contribution >= 4 is 22.5 Å². The zero-order valence-corrected chi connectivity index (χ0v) is 15.9. The molecule has 0 bridgehead atoms. The van der Waals surface area contributed by atoms with Crippen LogP contribution in [0.2, 0.25) is 18.1 Å². The lowest BCUT2D eigenvalue weighted by molar-refractivity contribution is 0.277. The fourth-order valence-electron chi connectivity index (χ4n) is 3.91. The van der Waals surface area contributed by atoms with Crippen LogP contribution in [-0.4, -0.2) is 30.6 Å². The van der Waals surface area contributed by atoms with Gasteiger partial charge in [0, 0.05) is 13.2 Å². The first-order valence-corrected chi connectivity index (χ1v) is 12.9. The van der Waals surface area contributed by atoms with E-state index in [1.807, 2.05) is 0 Å². The van der Waals surface area contributed by atoms with Gasteiger partial charge in [-0.25, -0.2) is 0 Å². The van der Waals surface area contributed by atoms with Gasteiger partial charge in [-0.3, -0.25) is 0 Å².